The molecule has 3 heterocycles. The van der Waals surface area contributed by atoms with E-state index in [1.54, 1.807) is 17.5 Å². The number of rotatable bonds is 3. The number of thiazole rings is 1. The molecule has 0 atom stereocenters. The van der Waals surface area contributed by atoms with E-state index in [1.165, 1.54) is 20.0 Å². The number of hydrogen-bond donors (Lipinski definition) is 0. The number of halogens is 1. The van der Waals surface area contributed by atoms with Gasteiger partial charge >= 0.3 is 0 Å². The Kier molecular flexibility index (Phi) is 5.44. The lowest BCUT2D eigenvalue weighted by Crippen LogP contribution is -2.48. The Hall–Kier alpha value is -0.760. The summed E-state index contributed by atoms with van der Waals surface area (Å²) in [4.78, 5) is 23.6. The maximum Gasteiger partial charge on any atom is 0.265 e. The van der Waals surface area contributed by atoms with E-state index in [0.717, 1.165) is 42.6 Å². The zero-order chi connectivity index (χ0) is 17.3. The average molecular weight is 428 g/mol. The van der Waals surface area contributed by atoms with Gasteiger partial charge in [-0.25, -0.2) is 4.98 Å². The van der Waals surface area contributed by atoms with Crippen LogP contribution in [0.4, 0.5) is 0 Å². The van der Waals surface area contributed by atoms with Gasteiger partial charge in [0.1, 0.15) is 4.88 Å². The molecule has 0 aliphatic carbocycles. The summed E-state index contributed by atoms with van der Waals surface area (Å²) in [6.07, 6.45) is 1.74. The first-order valence-corrected chi connectivity index (χ1v) is 10.5. The first kappa shape index (κ1) is 18.0. The van der Waals surface area contributed by atoms with Crippen molar-refractivity contribution < 1.29 is 4.79 Å². The van der Waals surface area contributed by atoms with Gasteiger partial charge in [0.15, 0.2) is 0 Å². The van der Waals surface area contributed by atoms with E-state index in [9.17, 15) is 4.79 Å². The van der Waals surface area contributed by atoms with E-state index < -0.39 is 0 Å². The molecule has 0 unspecified atom stereocenters. The van der Waals surface area contributed by atoms with Crippen LogP contribution in [0.1, 0.15) is 40.3 Å². The first-order valence-electron chi connectivity index (χ1n) is 8.05. The van der Waals surface area contributed by atoms with Crippen LogP contribution in [-0.2, 0) is 12.0 Å². The zero-order valence-corrected chi connectivity index (χ0v) is 17.4. The van der Waals surface area contributed by atoms with Gasteiger partial charge in [-0.15, -0.1) is 22.7 Å². The molecular formula is C17H22BrN3OS2. The molecule has 1 aliphatic rings. The van der Waals surface area contributed by atoms with Gasteiger partial charge in [-0.2, -0.15) is 0 Å². The number of amides is 1. The van der Waals surface area contributed by atoms with Crippen LogP contribution in [0.25, 0.3) is 0 Å². The van der Waals surface area contributed by atoms with Crippen molar-refractivity contribution in [3.63, 3.8) is 0 Å². The molecule has 130 valence electrons. The Morgan fingerprint density at radius 2 is 1.92 bits per heavy atom. The number of piperazine rings is 1. The van der Waals surface area contributed by atoms with Crippen LogP contribution >= 0.6 is 38.6 Å². The Morgan fingerprint density at radius 1 is 1.21 bits per heavy atom. The van der Waals surface area contributed by atoms with E-state index in [4.69, 9.17) is 0 Å². The smallest absolute Gasteiger partial charge is 0.265 e. The van der Waals surface area contributed by atoms with E-state index in [1.807, 2.05) is 4.90 Å². The topological polar surface area (TPSA) is 36.4 Å². The summed E-state index contributed by atoms with van der Waals surface area (Å²) in [7, 11) is 0. The van der Waals surface area contributed by atoms with Crippen LogP contribution < -0.4 is 0 Å². The molecule has 4 nitrogen and oxygen atoms in total. The highest BCUT2D eigenvalue weighted by atomic mass is 79.9. The molecule has 0 spiro atoms. The van der Waals surface area contributed by atoms with Crippen LogP contribution in [0, 0.1) is 0 Å². The standard InChI is InChI=1S/C17H22BrN3OS2/c1-17(2,3)16-19-10-13(24-16)15(22)21-8-6-20(7-9-21)11-12-4-5-14(18)23-12/h4-5,10H,6-9,11H2,1-3H3. The van der Waals surface area contributed by atoms with Gasteiger partial charge in [-0.1, -0.05) is 20.8 Å². The summed E-state index contributed by atoms with van der Waals surface area (Å²) in [5.74, 6) is 0.126. The molecule has 1 saturated heterocycles. The lowest BCUT2D eigenvalue weighted by atomic mass is 9.98. The van der Waals surface area contributed by atoms with Gasteiger partial charge in [0.05, 0.1) is 15.0 Å². The highest BCUT2D eigenvalue weighted by Crippen LogP contribution is 2.28. The Bertz CT molecular complexity index is 711. The summed E-state index contributed by atoms with van der Waals surface area (Å²) >= 11 is 6.82. The lowest BCUT2D eigenvalue weighted by molar-refractivity contribution is 0.0634. The van der Waals surface area contributed by atoms with Crippen molar-refractivity contribution >= 4 is 44.5 Å². The van der Waals surface area contributed by atoms with Crippen molar-refractivity contribution in [1.29, 1.82) is 0 Å². The summed E-state index contributed by atoms with van der Waals surface area (Å²) in [6, 6.07) is 4.26. The average Bonchev–Trinajstić information content (AvgIpc) is 3.16. The predicted molar refractivity (Wildman–Crippen MR) is 104 cm³/mol. The number of hydrogen-bond acceptors (Lipinski definition) is 5. The van der Waals surface area contributed by atoms with Crippen molar-refractivity contribution in [2.75, 3.05) is 26.2 Å². The SMILES string of the molecule is CC(C)(C)c1ncc(C(=O)N2CCN(Cc3ccc(Br)s3)CC2)s1. The highest BCUT2D eigenvalue weighted by molar-refractivity contribution is 9.11. The van der Waals surface area contributed by atoms with Gasteiger partial charge < -0.3 is 4.90 Å². The van der Waals surface area contributed by atoms with E-state index in [2.05, 4.69) is 58.7 Å². The van der Waals surface area contributed by atoms with Crippen LogP contribution in [-0.4, -0.2) is 46.9 Å². The van der Waals surface area contributed by atoms with Crippen molar-refractivity contribution in [2.24, 2.45) is 0 Å². The van der Waals surface area contributed by atoms with Gasteiger partial charge in [0, 0.05) is 43.0 Å². The van der Waals surface area contributed by atoms with Crippen LogP contribution in [0.5, 0.6) is 0 Å². The fourth-order valence-electron chi connectivity index (χ4n) is 2.64. The van der Waals surface area contributed by atoms with Crippen molar-refractivity contribution in [2.45, 2.75) is 32.7 Å². The molecule has 0 aromatic carbocycles. The second-order valence-corrected chi connectivity index (χ2v) is 10.6. The predicted octanol–water partition coefficient (Wildman–Crippen LogP) is 4.22. The van der Waals surface area contributed by atoms with Gasteiger partial charge in [0.2, 0.25) is 0 Å². The normalized spacial score (nSPS) is 16.6. The van der Waals surface area contributed by atoms with E-state index >= 15 is 0 Å². The van der Waals surface area contributed by atoms with Gasteiger partial charge in [0.25, 0.3) is 5.91 Å². The fraction of sp³-hybridized carbons (Fsp3) is 0.529. The molecule has 1 fully saturated rings. The molecule has 0 N–H and O–H groups in total. The fourth-order valence-corrected chi connectivity index (χ4v) is 5.11. The molecule has 7 heteroatoms. The van der Waals surface area contributed by atoms with Crippen molar-refractivity contribution in [3.05, 3.63) is 36.9 Å². The number of carbonyl (C=O) groups is 1. The number of aromatic nitrogens is 1. The monoisotopic (exact) mass is 427 g/mol. The molecule has 2 aromatic heterocycles. The third kappa shape index (κ3) is 4.25. The number of carbonyl (C=O) groups excluding carboxylic acids is 1. The molecule has 0 radical (unpaired) electrons. The first-order chi connectivity index (χ1) is 11.3. The van der Waals surface area contributed by atoms with Gasteiger partial charge in [-0.05, 0) is 28.1 Å². The van der Waals surface area contributed by atoms with Crippen LogP contribution in [0.15, 0.2) is 22.1 Å². The van der Waals surface area contributed by atoms with Crippen LogP contribution in [0.3, 0.4) is 0 Å². The Labute approximate surface area is 159 Å². The molecule has 24 heavy (non-hydrogen) atoms. The maximum atomic E-state index is 12.7. The second-order valence-electron chi connectivity index (χ2n) is 7.05. The van der Waals surface area contributed by atoms with Crippen LogP contribution in [0.2, 0.25) is 0 Å². The highest BCUT2D eigenvalue weighted by Gasteiger charge is 2.26. The van der Waals surface area contributed by atoms with Gasteiger partial charge in [-0.3, -0.25) is 9.69 Å². The molecule has 0 bridgehead atoms. The summed E-state index contributed by atoms with van der Waals surface area (Å²) in [5, 5.41) is 1.02. The minimum Gasteiger partial charge on any atom is -0.335 e. The van der Waals surface area contributed by atoms with E-state index in [0.29, 0.717) is 0 Å². The Morgan fingerprint density at radius 3 is 2.46 bits per heavy atom. The zero-order valence-electron chi connectivity index (χ0n) is 14.2. The molecule has 3 rings (SSSR count). The minimum atomic E-state index is -0.00310. The summed E-state index contributed by atoms with van der Waals surface area (Å²) < 4.78 is 1.17. The minimum absolute atomic E-state index is 0.00310. The molecule has 1 amide bonds. The second kappa shape index (κ2) is 7.23. The molecular weight excluding hydrogens is 406 g/mol. The number of thiophene rings is 1. The number of nitrogens with zero attached hydrogens (tertiary/aromatic N) is 3. The third-order valence-electron chi connectivity index (χ3n) is 4.03. The molecule has 1 aliphatic heterocycles. The largest absolute Gasteiger partial charge is 0.335 e. The summed E-state index contributed by atoms with van der Waals surface area (Å²) in [6.45, 7) is 10.8. The Balaban J connectivity index is 1.56. The molecule has 2 aromatic rings. The van der Waals surface area contributed by atoms with E-state index in [-0.39, 0.29) is 11.3 Å². The summed E-state index contributed by atoms with van der Waals surface area (Å²) in [5.41, 5.74) is -0.00310. The quantitative estimate of drug-likeness (QED) is 0.735. The third-order valence-corrected chi connectivity index (χ3v) is 7.05. The van der Waals surface area contributed by atoms with Crippen molar-refractivity contribution in [3.8, 4) is 0 Å². The molecule has 0 saturated carbocycles. The van der Waals surface area contributed by atoms with Crippen molar-refractivity contribution in [1.82, 2.24) is 14.8 Å². The maximum absolute atomic E-state index is 12.7. The lowest BCUT2D eigenvalue weighted by Gasteiger charge is -2.34.